The standard InChI is InChI=1S/C23H30N8O/c1-23(8-9-23)28-20-19-18(7-12-30(21(19)32)16-3-4-16)26-22(27-20)25-15-13-24-31(14-15)17-5-10-29(2)11-6-17/h7,12-14,16-17H,3-6,8-11H2,1-2H3,(H2,25,26,27,28). The van der Waals surface area contributed by atoms with Gasteiger partial charge in [0.05, 0.1) is 23.4 Å². The summed E-state index contributed by atoms with van der Waals surface area (Å²) in [6, 6.07) is 2.68. The van der Waals surface area contributed by atoms with Crippen LogP contribution in [0.1, 0.15) is 57.5 Å². The molecule has 168 valence electrons. The molecule has 9 heteroatoms. The zero-order valence-corrected chi connectivity index (χ0v) is 18.7. The third-order valence-electron chi connectivity index (χ3n) is 7.06. The molecule has 0 bridgehead atoms. The summed E-state index contributed by atoms with van der Waals surface area (Å²) in [6.07, 6.45) is 12.2. The van der Waals surface area contributed by atoms with Gasteiger partial charge in [0.2, 0.25) is 5.95 Å². The Morgan fingerprint density at radius 2 is 1.88 bits per heavy atom. The van der Waals surface area contributed by atoms with Crippen molar-refractivity contribution in [1.82, 2.24) is 29.2 Å². The number of rotatable bonds is 6. The van der Waals surface area contributed by atoms with E-state index < -0.39 is 0 Å². The largest absolute Gasteiger partial charge is 0.364 e. The Kier molecular flexibility index (Phi) is 4.50. The highest BCUT2D eigenvalue weighted by molar-refractivity contribution is 5.90. The second kappa shape index (κ2) is 7.30. The average Bonchev–Trinajstić information content (AvgIpc) is 3.69. The first kappa shape index (κ1) is 19.7. The van der Waals surface area contributed by atoms with Crippen molar-refractivity contribution in [2.45, 2.75) is 63.1 Å². The van der Waals surface area contributed by atoms with Crippen LogP contribution in [0.2, 0.25) is 0 Å². The molecule has 2 aliphatic carbocycles. The Hall–Kier alpha value is -2.94. The van der Waals surface area contributed by atoms with E-state index in [2.05, 4.69) is 44.3 Å². The summed E-state index contributed by atoms with van der Waals surface area (Å²) in [5.41, 5.74) is 1.53. The molecule has 3 aromatic rings. The zero-order valence-electron chi connectivity index (χ0n) is 18.7. The maximum absolute atomic E-state index is 13.2. The predicted molar refractivity (Wildman–Crippen MR) is 125 cm³/mol. The van der Waals surface area contributed by atoms with E-state index in [9.17, 15) is 4.79 Å². The SMILES string of the molecule is CN1CCC(n2cc(Nc3nc(NC4(C)CC4)c4c(=O)n(C5CC5)ccc4n3)cn2)CC1. The number of anilines is 3. The first-order chi connectivity index (χ1) is 15.5. The number of piperidine rings is 1. The summed E-state index contributed by atoms with van der Waals surface area (Å²) in [4.78, 5) is 25.0. The molecule has 32 heavy (non-hydrogen) atoms. The van der Waals surface area contributed by atoms with Crippen molar-refractivity contribution in [3.8, 4) is 0 Å². The van der Waals surface area contributed by atoms with Crippen molar-refractivity contribution in [3.63, 3.8) is 0 Å². The summed E-state index contributed by atoms with van der Waals surface area (Å²) < 4.78 is 3.89. The van der Waals surface area contributed by atoms with Gasteiger partial charge >= 0.3 is 0 Å². The Morgan fingerprint density at radius 3 is 2.59 bits per heavy atom. The average molecular weight is 435 g/mol. The lowest BCUT2D eigenvalue weighted by Crippen LogP contribution is -2.31. The van der Waals surface area contributed by atoms with Crippen LogP contribution < -0.4 is 16.2 Å². The molecule has 1 aliphatic heterocycles. The van der Waals surface area contributed by atoms with Gasteiger partial charge in [0.25, 0.3) is 5.56 Å². The van der Waals surface area contributed by atoms with Crippen LogP contribution in [0.5, 0.6) is 0 Å². The van der Waals surface area contributed by atoms with Gasteiger partial charge in [0, 0.05) is 24.0 Å². The molecule has 0 spiro atoms. The number of aromatic nitrogens is 5. The van der Waals surface area contributed by atoms with E-state index in [1.807, 2.05) is 29.2 Å². The lowest BCUT2D eigenvalue weighted by molar-refractivity contribution is 0.212. The van der Waals surface area contributed by atoms with Crippen molar-refractivity contribution < 1.29 is 0 Å². The van der Waals surface area contributed by atoms with E-state index in [-0.39, 0.29) is 11.1 Å². The summed E-state index contributed by atoms with van der Waals surface area (Å²) in [6.45, 7) is 4.35. The lowest BCUT2D eigenvalue weighted by Gasteiger charge is -2.28. The van der Waals surface area contributed by atoms with Gasteiger partial charge in [-0.25, -0.2) is 4.98 Å². The quantitative estimate of drug-likeness (QED) is 0.615. The molecule has 9 nitrogen and oxygen atoms in total. The van der Waals surface area contributed by atoms with Gasteiger partial charge in [0.15, 0.2) is 0 Å². The van der Waals surface area contributed by atoms with Crippen molar-refractivity contribution in [3.05, 3.63) is 35.0 Å². The van der Waals surface area contributed by atoms with E-state index in [4.69, 9.17) is 4.98 Å². The van der Waals surface area contributed by atoms with Crippen LogP contribution in [0.4, 0.5) is 17.5 Å². The minimum atomic E-state index is -0.00149. The van der Waals surface area contributed by atoms with Crippen LogP contribution in [-0.4, -0.2) is 54.9 Å². The third-order valence-corrected chi connectivity index (χ3v) is 7.06. The number of pyridine rings is 1. The minimum absolute atomic E-state index is 0.00149. The molecule has 3 aromatic heterocycles. The minimum Gasteiger partial charge on any atom is -0.364 e. The molecular formula is C23H30N8O. The van der Waals surface area contributed by atoms with Gasteiger partial charge in [0.1, 0.15) is 11.2 Å². The normalized spacial score (nSPS) is 21.1. The first-order valence-corrected chi connectivity index (χ1v) is 11.7. The summed E-state index contributed by atoms with van der Waals surface area (Å²) in [7, 11) is 2.16. The Bertz CT molecular complexity index is 1210. The molecule has 2 N–H and O–H groups in total. The van der Waals surface area contributed by atoms with Crippen LogP contribution in [0.25, 0.3) is 10.9 Å². The third kappa shape index (κ3) is 3.74. The van der Waals surface area contributed by atoms with Gasteiger partial charge < -0.3 is 20.1 Å². The molecule has 0 amide bonds. The van der Waals surface area contributed by atoms with Crippen LogP contribution in [-0.2, 0) is 0 Å². The van der Waals surface area contributed by atoms with Gasteiger partial charge in [-0.1, -0.05) is 0 Å². The second-order valence-corrected chi connectivity index (χ2v) is 9.97. The molecule has 3 aliphatic rings. The molecule has 1 saturated heterocycles. The Morgan fingerprint density at radius 1 is 1.09 bits per heavy atom. The van der Waals surface area contributed by atoms with E-state index >= 15 is 0 Å². The van der Waals surface area contributed by atoms with E-state index in [1.165, 1.54) is 0 Å². The summed E-state index contributed by atoms with van der Waals surface area (Å²) in [5.74, 6) is 1.11. The molecule has 2 saturated carbocycles. The Balaban J connectivity index is 1.32. The topological polar surface area (TPSA) is 92.9 Å². The highest BCUT2D eigenvalue weighted by Gasteiger charge is 2.38. The number of nitrogens with zero attached hydrogens (tertiary/aromatic N) is 6. The predicted octanol–water partition coefficient (Wildman–Crippen LogP) is 3.30. The van der Waals surface area contributed by atoms with Crippen LogP contribution in [0.15, 0.2) is 29.5 Å². The van der Waals surface area contributed by atoms with E-state index in [0.29, 0.717) is 34.8 Å². The number of nitrogens with one attached hydrogen (secondary N) is 2. The first-order valence-electron chi connectivity index (χ1n) is 11.7. The second-order valence-electron chi connectivity index (χ2n) is 9.97. The highest BCUT2D eigenvalue weighted by Crippen LogP contribution is 2.39. The molecule has 0 radical (unpaired) electrons. The van der Waals surface area contributed by atoms with Gasteiger partial charge in [-0.05, 0) is 71.7 Å². The maximum atomic E-state index is 13.2. The van der Waals surface area contributed by atoms with Gasteiger partial charge in [-0.15, -0.1) is 0 Å². The number of hydrogen-bond acceptors (Lipinski definition) is 7. The summed E-state index contributed by atoms with van der Waals surface area (Å²) >= 11 is 0. The molecular weight excluding hydrogens is 404 g/mol. The molecule has 0 aromatic carbocycles. The fourth-order valence-electron chi connectivity index (χ4n) is 4.53. The maximum Gasteiger partial charge on any atom is 0.264 e. The van der Waals surface area contributed by atoms with Crippen molar-refractivity contribution >= 4 is 28.4 Å². The van der Waals surface area contributed by atoms with Crippen LogP contribution >= 0.6 is 0 Å². The number of fused-ring (bicyclic) bond motifs is 1. The van der Waals surface area contributed by atoms with Gasteiger partial charge in [-0.2, -0.15) is 10.1 Å². The Labute approximate surface area is 186 Å². The van der Waals surface area contributed by atoms with Crippen molar-refractivity contribution in [1.29, 1.82) is 0 Å². The summed E-state index contributed by atoms with van der Waals surface area (Å²) in [5, 5.41) is 12.0. The number of likely N-dealkylation sites (tertiary alicyclic amines) is 1. The van der Waals surface area contributed by atoms with Crippen LogP contribution in [0.3, 0.4) is 0 Å². The molecule has 0 atom stereocenters. The fourth-order valence-corrected chi connectivity index (χ4v) is 4.53. The highest BCUT2D eigenvalue weighted by atomic mass is 16.1. The van der Waals surface area contributed by atoms with Crippen molar-refractivity contribution in [2.24, 2.45) is 0 Å². The number of hydrogen-bond donors (Lipinski definition) is 2. The zero-order chi connectivity index (χ0) is 21.9. The molecule has 0 unspecified atom stereocenters. The van der Waals surface area contributed by atoms with E-state index in [0.717, 1.165) is 57.3 Å². The molecule has 3 fully saturated rings. The van der Waals surface area contributed by atoms with Gasteiger partial charge in [-0.3, -0.25) is 9.48 Å². The van der Waals surface area contributed by atoms with Crippen LogP contribution in [0, 0.1) is 0 Å². The van der Waals surface area contributed by atoms with E-state index in [1.54, 1.807) is 0 Å². The van der Waals surface area contributed by atoms with Crippen molar-refractivity contribution in [2.75, 3.05) is 30.8 Å². The monoisotopic (exact) mass is 434 g/mol. The smallest absolute Gasteiger partial charge is 0.264 e. The molecule has 6 rings (SSSR count). The lowest BCUT2D eigenvalue weighted by atomic mass is 10.1. The molecule has 4 heterocycles. The fraction of sp³-hybridized carbons (Fsp3) is 0.565.